The van der Waals surface area contributed by atoms with Gasteiger partial charge in [0.2, 0.25) is 0 Å². The highest BCUT2D eigenvalue weighted by atomic mass is 79.9. The molecule has 2 aromatic rings. The van der Waals surface area contributed by atoms with E-state index in [4.69, 9.17) is 4.42 Å². The summed E-state index contributed by atoms with van der Waals surface area (Å²) in [5.41, 5.74) is 0.966. The van der Waals surface area contributed by atoms with Crippen LogP contribution in [0.4, 0.5) is 0 Å². The predicted molar refractivity (Wildman–Crippen MR) is 82.3 cm³/mol. The van der Waals surface area contributed by atoms with Gasteiger partial charge in [0.05, 0.1) is 6.04 Å². The lowest BCUT2D eigenvalue weighted by atomic mass is 10.2. The molecule has 0 bridgehead atoms. The van der Waals surface area contributed by atoms with E-state index in [-0.39, 0.29) is 6.04 Å². The second kappa shape index (κ2) is 5.29. The number of hydrogen-bond donors (Lipinski definition) is 1. The number of hydrogen-bond acceptors (Lipinski definition) is 2. The molecule has 1 fully saturated rings. The van der Waals surface area contributed by atoms with Crippen molar-refractivity contribution in [1.82, 2.24) is 5.32 Å². The molecular weight excluding hydrogens is 302 g/mol. The van der Waals surface area contributed by atoms with Crippen molar-refractivity contribution in [2.45, 2.75) is 45.2 Å². The summed E-state index contributed by atoms with van der Waals surface area (Å²) in [6, 6.07) is 9.27. The normalized spacial score (nSPS) is 23.7. The van der Waals surface area contributed by atoms with Crippen molar-refractivity contribution in [3.63, 3.8) is 0 Å². The molecule has 1 aromatic carbocycles. The van der Waals surface area contributed by atoms with Crippen LogP contribution in [0, 0.1) is 5.92 Å². The van der Waals surface area contributed by atoms with E-state index >= 15 is 0 Å². The Morgan fingerprint density at radius 2 is 2.26 bits per heavy atom. The fourth-order valence-corrected chi connectivity index (χ4v) is 3.17. The Morgan fingerprint density at radius 1 is 1.42 bits per heavy atom. The van der Waals surface area contributed by atoms with Gasteiger partial charge in [0.15, 0.2) is 0 Å². The largest absolute Gasteiger partial charge is 0.459 e. The van der Waals surface area contributed by atoms with Gasteiger partial charge in [0.25, 0.3) is 0 Å². The minimum absolute atomic E-state index is 0.290. The molecule has 1 aliphatic rings. The summed E-state index contributed by atoms with van der Waals surface area (Å²) in [6.07, 6.45) is 3.96. The third-order valence-electron chi connectivity index (χ3n) is 3.97. The number of halogens is 1. The van der Waals surface area contributed by atoms with Crippen LogP contribution in [0.2, 0.25) is 0 Å². The maximum absolute atomic E-state index is 5.93. The van der Waals surface area contributed by atoms with E-state index in [9.17, 15) is 0 Å². The molecule has 1 aromatic heterocycles. The number of furan rings is 1. The van der Waals surface area contributed by atoms with Gasteiger partial charge < -0.3 is 9.73 Å². The van der Waals surface area contributed by atoms with Crippen molar-refractivity contribution >= 4 is 26.9 Å². The van der Waals surface area contributed by atoms with Gasteiger partial charge in [-0.05, 0) is 49.9 Å². The summed E-state index contributed by atoms with van der Waals surface area (Å²) >= 11 is 3.50. The smallest absolute Gasteiger partial charge is 0.134 e. The van der Waals surface area contributed by atoms with Crippen LogP contribution in [0.1, 0.15) is 44.9 Å². The molecule has 0 amide bonds. The molecule has 3 rings (SSSR count). The summed E-state index contributed by atoms with van der Waals surface area (Å²) < 4.78 is 7.02. The minimum atomic E-state index is 0.290. The summed E-state index contributed by atoms with van der Waals surface area (Å²) in [5, 5.41) is 4.84. The molecule has 3 atom stereocenters. The molecule has 0 spiro atoms. The maximum atomic E-state index is 5.93. The molecule has 1 aliphatic carbocycles. The van der Waals surface area contributed by atoms with Gasteiger partial charge >= 0.3 is 0 Å². The fourth-order valence-electron chi connectivity index (χ4n) is 2.79. The average Bonchev–Trinajstić information content (AvgIpc) is 2.96. The molecule has 1 saturated carbocycles. The van der Waals surface area contributed by atoms with Gasteiger partial charge in [0.1, 0.15) is 11.3 Å². The van der Waals surface area contributed by atoms with Crippen molar-refractivity contribution < 1.29 is 4.42 Å². The zero-order valence-electron chi connectivity index (χ0n) is 11.4. The van der Waals surface area contributed by atoms with Crippen molar-refractivity contribution in [3.8, 4) is 0 Å². The first kappa shape index (κ1) is 13.2. The predicted octanol–water partition coefficient (Wildman–Crippen LogP) is 5.03. The van der Waals surface area contributed by atoms with Gasteiger partial charge in [-0.1, -0.05) is 29.3 Å². The minimum Gasteiger partial charge on any atom is -0.459 e. The molecule has 2 nitrogen and oxygen atoms in total. The zero-order chi connectivity index (χ0) is 13.4. The molecule has 19 heavy (non-hydrogen) atoms. The molecule has 0 radical (unpaired) electrons. The van der Waals surface area contributed by atoms with Gasteiger partial charge in [0, 0.05) is 15.9 Å². The Balaban J connectivity index is 1.70. The van der Waals surface area contributed by atoms with E-state index in [2.05, 4.69) is 47.2 Å². The van der Waals surface area contributed by atoms with Crippen molar-refractivity contribution in [3.05, 3.63) is 34.5 Å². The molecule has 1 heterocycles. The van der Waals surface area contributed by atoms with Crippen LogP contribution in [-0.4, -0.2) is 6.04 Å². The third kappa shape index (κ3) is 2.87. The van der Waals surface area contributed by atoms with E-state index in [0.717, 1.165) is 21.7 Å². The Hall–Kier alpha value is -0.800. The summed E-state index contributed by atoms with van der Waals surface area (Å²) in [7, 11) is 0. The van der Waals surface area contributed by atoms with E-state index in [1.54, 1.807) is 0 Å². The SMILES string of the molecule is CCCC1CC1NC(C)c1cc2cc(Br)ccc2o1. The monoisotopic (exact) mass is 321 g/mol. The van der Waals surface area contributed by atoms with Crippen molar-refractivity contribution in [2.75, 3.05) is 0 Å². The Bertz CT molecular complexity index is 577. The second-order valence-electron chi connectivity index (χ2n) is 5.61. The highest BCUT2D eigenvalue weighted by Gasteiger charge is 2.37. The number of nitrogens with one attached hydrogen (secondary N) is 1. The number of rotatable bonds is 5. The van der Waals surface area contributed by atoms with Crippen LogP contribution in [0.3, 0.4) is 0 Å². The standard InChI is InChI=1S/C16H20BrNO/c1-3-4-11-8-14(11)18-10(2)16-9-12-7-13(17)5-6-15(12)19-16/h5-7,9-11,14,18H,3-4,8H2,1-2H3. The van der Waals surface area contributed by atoms with Gasteiger partial charge in [-0.15, -0.1) is 0 Å². The topological polar surface area (TPSA) is 25.2 Å². The van der Waals surface area contributed by atoms with E-state index in [1.807, 2.05) is 12.1 Å². The van der Waals surface area contributed by atoms with Crippen LogP contribution in [-0.2, 0) is 0 Å². The van der Waals surface area contributed by atoms with Crippen LogP contribution in [0.25, 0.3) is 11.0 Å². The highest BCUT2D eigenvalue weighted by Crippen LogP contribution is 2.37. The van der Waals surface area contributed by atoms with Crippen molar-refractivity contribution in [2.24, 2.45) is 5.92 Å². The van der Waals surface area contributed by atoms with Gasteiger partial charge in [-0.25, -0.2) is 0 Å². The number of fused-ring (bicyclic) bond motifs is 1. The first-order valence-electron chi connectivity index (χ1n) is 7.12. The summed E-state index contributed by atoms with van der Waals surface area (Å²) in [6.45, 7) is 4.45. The summed E-state index contributed by atoms with van der Waals surface area (Å²) in [5.74, 6) is 1.92. The Kier molecular flexibility index (Phi) is 3.68. The fraction of sp³-hybridized carbons (Fsp3) is 0.500. The van der Waals surface area contributed by atoms with Crippen LogP contribution >= 0.6 is 15.9 Å². The molecule has 0 aliphatic heterocycles. The Morgan fingerprint density at radius 3 is 3.05 bits per heavy atom. The van der Waals surface area contributed by atoms with Gasteiger partial charge in [-0.2, -0.15) is 0 Å². The first-order chi connectivity index (χ1) is 9.17. The van der Waals surface area contributed by atoms with E-state index in [0.29, 0.717) is 6.04 Å². The first-order valence-corrected chi connectivity index (χ1v) is 7.91. The Labute approximate surface area is 122 Å². The number of benzene rings is 1. The summed E-state index contributed by atoms with van der Waals surface area (Å²) in [4.78, 5) is 0. The lowest BCUT2D eigenvalue weighted by molar-refractivity contribution is 0.438. The third-order valence-corrected chi connectivity index (χ3v) is 4.46. The lowest BCUT2D eigenvalue weighted by Gasteiger charge is -2.10. The quantitative estimate of drug-likeness (QED) is 0.835. The molecular formula is C16H20BrNO. The van der Waals surface area contributed by atoms with E-state index in [1.165, 1.54) is 24.6 Å². The molecule has 0 saturated heterocycles. The van der Waals surface area contributed by atoms with Crippen LogP contribution in [0.5, 0.6) is 0 Å². The molecule has 3 unspecified atom stereocenters. The van der Waals surface area contributed by atoms with E-state index < -0.39 is 0 Å². The molecule has 1 N–H and O–H groups in total. The highest BCUT2D eigenvalue weighted by molar-refractivity contribution is 9.10. The van der Waals surface area contributed by atoms with Gasteiger partial charge in [-0.3, -0.25) is 0 Å². The van der Waals surface area contributed by atoms with Crippen molar-refractivity contribution in [1.29, 1.82) is 0 Å². The zero-order valence-corrected chi connectivity index (χ0v) is 13.0. The molecule has 3 heteroatoms. The average molecular weight is 322 g/mol. The molecule has 102 valence electrons. The lowest BCUT2D eigenvalue weighted by Crippen LogP contribution is -2.21. The second-order valence-corrected chi connectivity index (χ2v) is 6.53. The van der Waals surface area contributed by atoms with Crippen LogP contribution < -0.4 is 5.32 Å². The maximum Gasteiger partial charge on any atom is 0.134 e. The van der Waals surface area contributed by atoms with Crippen LogP contribution in [0.15, 0.2) is 33.2 Å².